The van der Waals surface area contributed by atoms with Gasteiger partial charge in [0.2, 0.25) is 5.13 Å². The van der Waals surface area contributed by atoms with Crippen molar-refractivity contribution in [3.63, 3.8) is 0 Å². The normalized spacial score (nSPS) is 18.7. The van der Waals surface area contributed by atoms with Crippen molar-refractivity contribution in [2.75, 3.05) is 11.4 Å². The van der Waals surface area contributed by atoms with E-state index >= 15 is 0 Å². The summed E-state index contributed by atoms with van der Waals surface area (Å²) in [5, 5.41) is 18.7. The van der Waals surface area contributed by atoms with E-state index in [1.54, 1.807) is 6.20 Å². The summed E-state index contributed by atoms with van der Waals surface area (Å²) in [5.74, 6) is -0.799. The highest BCUT2D eigenvalue weighted by molar-refractivity contribution is 7.18. The molecule has 0 aliphatic carbocycles. The number of anilines is 1. The lowest BCUT2D eigenvalue weighted by molar-refractivity contribution is -0.138. The molecule has 2 aromatic heterocycles. The predicted octanol–water partition coefficient (Wildman–Crippen LogP) is 1.65. The molecule has 0 amide bonds. The highest BCUT2D eigenvalue weighted by Gasteiger charge is 2.32. The Morgan fingerprint density at radius 3 is 3.05 bits per heavy atom. The van der Waals surface area contributed by atoms with Crippen LogP contribution in [0.25, 0.3) is 10.7 Å². The van der Waals surface area contributed by atoms with Crippen LogP contribution in [0.3, 0.4) is 0 Å². The van der Waals surface area contributed by atoms with Crippen LogP contribution in [-0.4, -0.2) is 38.8 Å². The second kappa shape index (κ2) is 4.93. The largest absolute Gasteiger partial charge is 0.480 e. The highest BCUT2D eigenvalue weighted by atomic mass is 32.1. The topological polar surface area (TPSA) is 79.2 Å². The first kappa shape index (κ1) is 12.0. The molecule has 1 N–H and O–H groups in total. The van der Waals surface area contributed by atoms with Crippen LogP contribution >= 0.6 is 11.3 Å². The van der Waals surface area contributed by atoms with Gasteiger partial charge in [-0.15, -0.1) is 10.2 Å². The van der Waals surface area contributed by atoms with E-state index in [1.165, 1.54) is 11.3 Å². The van der Waals surface area contributed by atoms with Gasteiger partial charge in [0.25, 0.3) is 0 Å². The van der Waals surface area contributed by atoms with Crippen LogP contribution in [0.15, 0.2) is 24.4 Å². The SMILES string of the molecule is O=C(O)[C@@H]1CCCN1c1nnc(-c2ccccn2)s1. The molecule has 1 fully saturated rings. The highest BCUT2D eigenvalue weighted by Crippen LogP contribution is 2.31. The molecular formula is C12H12N4O2S. The first-order valence-corrected chi connectivity index (χ1v) is 6.82. The summed E-state index contributed by atoms with van der Waals surface area (Å²) in [6, 6.07) is 5.11. The van der Waals surface area contributed by atoms with E-state index in [9.17, 15) is 9.90 Å². The van der Waals surface area contributed by atoms with E-state index in [0.29, 0.717) is 23.1 Å². The lowest BCUT2D eigenvalue weighted by Gasteiger charge is -2.19. The Morgan fingerprint density at radius 1 is 1.42 bits per heavy atom. The summed E-state index contributed by atoms with van der Waals surface area (Å²) in [6.07, 6.45) is 3.23. The van der Waals surface area contributed by atoms with Crippen molar-refractivity contribution in [1.29, 1.82) is 0 Å². The summed E-state index contributed by atoms with van der Waals surface area (Å²) in [4.78, 5) is 17.2. The molecular weight excluding hydrogens is 264 g/mol. The number of carboxylic acids is 1. The van der Waals surface area contributed by atoms with Crippen LogP contribution in [0.4, 0.5) is 5.13 Å². The molecule has 19 heavy (non-hydrogen) atoms. The lowest BCUT2D eigenvalue weighted by atomic mass is 10.2. The number of carboxylic acid groups (broad SMARTS) is 1. The van der Waals surface area contributed by atoms with Crippen LogP contribution in [0.5, 0.6) is 0 Å². The molecule has 1 aliphatic heterocycles. The van der Waals surface area contributed by atoms with Gasteiger partial charge in [0.15, 0.2) is 5.01 Å². The van der Waals surface area contributed by atoms with E-state index in [0.717, 1.165) is 12.1 Å². The maximum atomic E-state index is 11.2. The Balaban J connectivity index is 1.87. The second-order valence-corrected chi connectivity index (χ2v) is 5.25. The minimum atomic E-state index is -0.799. The van der Waals surface area contributed by atoms with Crippen LogP contribution in [-0.2, 0) is 4.79 Å². The van der Waals surface area contributed by atoms with Crippen molar-refractivity contribution in [1.82, 2.24) is 15.2 Å². The minimum absolute atomic E-state index is 0.482. The fourth-order valence-electron chi connectivity index (χ4n) is 2.18. The number of carbonyl (C=O) groups is 1. The van der Waals surface area contributed by atoms with Crippen molar-refractivity contribution < 1.29 is 9.90 Å². The zero-order valence-corrected chi connectivity index (χ0v) is 10.9. The van der Waals surface area contributed by atoms with Crippen molar-refractivity contribution in [3.05, 3.63) is 24.4 Å². The van der Waals surface area contributed by atoms with Crippen molar-refractivity contribution in [2.45, 2.75) is 18.9 Å². The molecule has 0 spiro atoms. The van der Waals surface area contributed by atoms with E-state index < -0.39 is 12.0 Å². The van der Waals surface area contributed by atoms with E-state index in [2.05, 4.69) is 15.2 Å². The third-order valence-electron chi connectivity index (χ3n) is 3.08. The molecule has 0 unspecified atom stereocenters. The first-order chi connectivity index (χ1) is 9.25. The number of pyridine rings is 1. The molecule has 2 aromatic rings. The third-order valence-corrected chi connectivity index (χ3v) is 4.06. The standard InChI is InChI=1S/C12H12N4O2S/c17-11(18)9-5-3-7-16(9)12-15-14-10(19-12)8-4-1-2-6-13-8/h1-2,4,6,9H,3,5,7H2,(H,17,18)/t9-/m0/s1. The molecule has 6 nitrogen and oxygen atoms in total. The summed E-state index contributed by atoms with van der Waals surface area (Å²) in [6.45, 7) is 0.716. The molecule has 1 atom stereocenters. The fraction of sp³-hybridized carbons (Fsp3) is 0.333. The molecule has 3 rings (SSSR count). The Morgan fingerprint density at radius 2 is 2.32 bits per heavy atom. The minimum Gasteiger partial charge on any atom is -0.480 e. The predicted molar refractivity (Wildman–Crippen MR) is 71.1 cm³/mol. The monoisotopic (exact) mass is 276 g/mol. The van der Waals surface area contributed by atoms with Gasteiger partial charge in [0.1, 0.15) is 11.7 Å². The summed E-state index contributed by atoms with van der Waals surface area (Å²) in [7, 11) is 0. The van der Waals surface area contributed by atoms with Crippen molar-refractivity contribution >= 4 is 22.4 Å². The molecule has 0 bridgehead atoms. The van der Waals surface area contributed by atoms with Crippen LogP contribution in [0.2, 0.25) is 0 Å². The van der Waals surface area contributed by atoms with Gasteiger partial charge < -0.3 is 10.0 Å². The van der Waals surface area contributed by atoms with Gasteiger partial charge in [0, 0.05) is 12.7 Å². The zero-order chi connectivity index (χ0) is 13.2. The summed E-state index contributed by atoms with van der Waals surface area (Å²) in [5.41, 5.74) is 0.761. The second-order valence-electron chi connectivity index (χ2n) is 4.29. The smallest absolute Gasteiger partial charge is 0.326 e. The molecule has 1 saturated heterocycles. The van der Waals surface area contributed by atoms with Gasteiger partial charge in [-0.25, -0.2) is 4.79 Å². The van der Waals surface area contributed by atoms with Crippen LogP contribution < -0.4 is 4.90 Å². The maximum absolute atomic E-state index is 11.2. The first-order valence-electron chi connectivity index (χ1n) is 6.00. The number of nitrogens with zero attached hydrogens (tertiary/aromatic N) is 4. The zero-order valence-electron chi connectivity index (χ0n) is 10.1. The van der Waals surface area contributed by atoms with Gasteiger partial charge in [-0.05, 0) is 25.0 Å². The summed E-state index contributed by atoms with van der Waals surface area (Å²) < 4.78 is 0. The van der Waals surface area contributed by atoms with Gasteiger partial charge >= 0.3 is 5.97 Å². The molecule has 3 heterocycles. The molecule has 1 aliphatic rings. The van der Waals surface area contributed by atoms with Crippen molar-refractivity contribution in [3.8, 4) is 10.7 Å². The average molecular weight is 276 g/mol. The van der Waals surface area contributed by atoms with Gasteiger partial charge in [-0.1, -0.05) is 17.4 Å². The number of rotatable bonds is 3. The quantitative estimate of drug-likeness (QED) is 0.918. The lowest BCUT2D eigenvalue weighted by Crippen LogP contribution is -2.35. The third kappa shape index (κ3) is 2.28. The van der Waals surface area contributed by atoms with Gasteiger partial charge in [-0.2, -0.15) is 0 Å². The molecule has 7 heteroatoms. The Hall–Kier alpha value is -2.02. The number of hydrogen-bond donors (Lipinski definition) is 1. The average Bonchev–Trinajstić information content (AvgIpc) is 3.08. The van der Waals surface area contributed by atoms with Crippen LogP contribution in [0.1, 0.15) is 12.8 Å². The number of hydrogen-bond acceptors (Lipinski definition) is 6. The Labute approximate surface area is 113 Å². The fourth-order valence-corrected chi connectivity index (χ4v) is 3.07. The molecule has 0 aromatic carbocycles. The Bertz CT molecular complexity index is 586. The van der Waals surface area contributed by atoms with Crippen LogP contribution in [0, 0.1) is 0 Å². The summed E-state index contributed by atoms with van der Waals surface area (Å²) >= 11 is 1.38. The van der Waals surface area contributed by atoms with Gasteiger partial charge in [0.05, 0.1) is 0 Å². The Kier molecular flexibility index (Phi) is 3.12. The molecule has 0 saturated carbocycles. The van der Waals surface area contributed by atoms with E-state index in [-0.39, 0.29) is 0 Å². The van der Waals surface area contributed by atoms with E-state index in [1.807, 2.05) is 23.1 Å². The number of aromatic nitrogens is 3. The number of aliphatic carboxylic acids is 1. The van der Waals surface area contributed by atoms with Gasteiger partial charge in [-0.3, -0.25) is 4.98 Å². The molecule has 0 radical (unpaired) electrons. The maximum Gasteiger partial charge on any atom is 0.326 e. The molecule has 98 valence electrons. The van der Waals surface area contributed by atoms with Crippen molar-refractivity contribution in [2.24, 2.45) is 0 Å². The van der Waals surface area contributed by atoms with E-state index in [4.69, 9.17) is 0 Å².